The molecule has 0 saturated heterocycles. The first-order valence-corrected chi connectivity index (χ1v) is 11.9. The number of aromatic nitrogens is 2. The van der Waals surface area contributed by atoms with E-state index in [9.17, 15) is 9.59 Å². The Bertz CT molecular complexity index is 1220. The van der Waals surface area contributed by atoms with Gasteiger partial charge >= 0.3 is 0 Å². The number of thioether (sulfide) groups is 1. The monoisotopic (exact) mass is 453 g/mol. The van der Waals surface area contributed by atoms with Crippen LogP contribution < -0.4 is 5.32 Å². The summed E-state index contributed by atoms with van der Waals surface area (Å²) in [5, 5.41) is 4.57. The molecule has 1 aromatic carbocycles. The fourth-order valence-corrected chi connectivity index (χ4v) is 5.95. The van der Waals surface area contributed by atoms with Gasteiger partial charge in [-0.15, -0.1) is 22.7 Å². The quantitative estimate of drug-likeness (QED) is 0.232. The van der Waals surface area contributed by atoms with E-state index < -0.39 is 0 Å². The molecule has 4 aromatic rings. The first-order valence-electron chi connectivity index (χ1n) is 9.32. The van der Waals surface area contributed by atoms with Crippen molar-refractivity contribution >= 4 is 56.3 Å². The van der Waals surface area contributed by atoms with Gasteiger partial charge in [0.1, 0.15) is 15.7 Å². The van der Waals surface area contributed by atoms with Crippen LogP contribution in [0, 0.1) is 6.92 Å². The van der Waals surface area contributed by atoms with E-state index in [-0.39, 0.29) is 11.7 Å². The molecular weight excluding hydrogens is 434 g/mol. The number of carbonyl (C=O) groups is 2. The summed E-state index contributed by atoms with van der Waals surface area (Å²) in [5.41, 5.74) is 1.15. The van der Waals surface area contributed by atoms with Crippen LogP contribution in [0.5, 0.6) is 0 Å². The number of nitrogens with one attached hydrogen (secondary N) is 1. The second-order valence-corrected chi connectivity index (χ2v) is 9.82. The van der Waals surface area contributed by atoms with Crippen LogP contribution in [-0.2, 0) is 11.3 Å². The number of nitrogens with zero attached hydrogens (tertiary/aromatic N) is 2. The third-order valence-corrected chi connectivity index (χ3v) is 7.51. The molecule has 1 N–H and O–H groups in total. The van der Waals surface area contributed by atoms with E-state index in [1.54, 1.807) is 11.3 Å². The highest BCUT2D eigenvalue weighted by atomic mass is 32.2. The lowest BCUT2D eigenvalue weighted by molar-refractivity contribution is -0.119. The molecule has 5 nitrogen and oxygen atoms in total. The normalized spacial score (nSPS) is 11.0. The summed E-state index contributed by atoms with van der Waals surface area (Å²) in [5.74, 6) is 0.984. The van der Waals surface area contributed by atoms with Crippen LogP contribution in [0.25, 0.3) is 20.7 Å². The minimum absolute atomic E-state index is 0.0574. The fraction of sp³-hybridized carbons (Fsp3) is 0.182. The van der Waals surface area contributed by atoms with Crippen molar-refractivity contribution in [3.63, 3.8) is 0 Å². The average molecular weight is 454 g/mol. The molecule has 3 aromatic heterocycles. The minimum Gasteiger partial charge on any atom is -0.351 e. The molecule has 8 heteroatoms. The van der Waals surface area contributed by atoms with Crippen molar-refractivity contribution in [1.29, 1.82) is 0 Å². The van der Waals surface area contributed by atoms with Crippen molar-refractivity contribution in [3.8, 4) is 10.4 Å². The Morgan fingerprint density at radius 3 is 2.63 bits per heavy atom. The molecule has 30 heavy (non-hydrogen) atoms. The molecule has 0 atom stereocenters. The van der Waals surface area contributed by atoms with Crippen molar-refractivity contribution in [2.24, 2.45) is 0 Å². The van der Waals surface area contributed by atoms with Crippen LogP contribution in [0.2, 0.25) is 0 Å². The third kappa shape index (κ3) is 4.77. The molecule has 0 aliphatic heterocycles. The van der Waals surface area contributed by atoms with Crippen molar-refractivity contribution in [3.05, 3.63) is 64.1 Å². The summed E-state index contributed by atoms with van der Waals surface area (Å²) in [6.07, 6.45) is 0. The molecule has 152 valence electrons. The molecule has 0 unspecified atom stereocenters. The number of thiophene rings is 2. The van der Waals surface area contributed by atoms with Crippen LogP contribution in [-0.4, -0.2) is 27.4 Å². The van der Waals surface area contributed by atoms with E-state index in [0.717, 1.165) is 30.6 Å². The lowest BCUT2D eigenvalue weighted by Crippen LogP contribution is -2.18. The summed E-state index contributed by atoms with van der Waals surface area (Å²) >= 11 is 4.50. The van der Waals surface area contributed by atoms with Gasteiger partial charge < -0.3 is 5.32 Å². The lowest BCUT2D eigenvalue weighted by Gasteiger charge is -2.03. The van der Waals surface area contributed by atoms with Crippen LogP contribution in [0.15, 0.2) is 53.6 Å². The zero-order chi connectivity index (χ0) is 21.1. The predicted octanol–water partition coefficient (Wildman–Crippen LogP) is 5.34. The van der Waals surface area contributed by atoms with E-state index in [0.29, 0.717) is 23.0 Å². The van der Waals surface area contributed by atoms with E-state index in [1.165, 1.54) is 30.0 Å². The van der Waals surface area contributed by atoms with Crippen LogP contribution in [0.1, 0.15) is 27.3 Å². The first kappa shape index (κ1) is 20.7. The molecule has 0 saturated carbocycles. The number of amides is 1. The van der Waals surface area contributed by atoms with Gasteiger partial charge in [-0.25, -0.2) is 9.97 Å². The van der Waals surface area contributed by atoms with Gasteiger partial charge in [0.2, 0.25) is 5.91 Å². The van der Waals surface area contributed by atoms with Gasteiger partial charge in [-0.3, -0.25) is 9.59 Å². The predicted molar refractivity (Wildman–Crippen MR) is 124 cm³/mol. The Morgan fingerprint density at radius 1 is 1.07 bits per heavy atom. The first-order chi connectivity index (χ1) is 14.5. The number of hydrogen-bond donors (Lipinski definition) is 1. The minimum atomic E-state index is -0.0828. The Balaban J connectivity index is 1.51. The Hall–Kier alpha value is -2.55. The molecule has 0 fully saturated rings. The molecule has 0 aliphatic rings. The fourth-order valence-electron chi connectivity index (χ4n) is 2.89. The molecule has 4 rings (SSSR count). The SMILES string of the molecule is CC(=O)NCc1ccc(C(=O)CSc2nc(C)nc3sc(-c4ccccc4)cc23)s1. The van der Waals surface area contributed by atoms with E-state index >= 15 is 0 Å². The number of aryl methyl sites for hydroxylation is 1. The second kappa shape index (κ2) is 9.07. The summed E-state index contributed by atoms with van der Waals surface area (Å²) in [6, 6.07) is 16.0. The maximum absolute atomic E-state index is 12.7. The van der Waals surface area contributed by atoms with Gasteiger partial charge in [-0.05, 0) is 30.7 Å². The zero-order valence-electron chi connectivity index (χ0n) is 16.5. The van der Waals surface area contributed by atoms with Gasteiger partial charge in [0, 0.05) is 22.1 Å². The maximum atomic E-state index is 12.7. The van der Waals surface area contributed by atoms with Gasteiger partial charge in [0.25, 0.3) is 0 Å². The maximum Gasteiger partial charge on any atom is 0.217 e. The molecule has 0 spiro atoms. The molecule has 0 bridgehead atoms. The summed E-state index contributed by atoms with van der Waals surface area (Å²) in [4.78, 5) is 36.6. The highest BCUT2D eigenvalue weighted by Crippen LogP contribution is 2.36. The second-order valence-electron chi connectivity index (χ2n) is 6.66. The molecule has 3 heterocycles. The molecule has 0 radical (unpaired) electrons. The number of hydrogen-bond acceptors (Lipinski definition) is 7. The zero-order valence-corrected chi connectivity index (χ0v) is 18.9. The highest BCUT2D eigenvalue weighted by molar-refractivity contribution is 8.00. The Kier molecular flexibility index (Phi) is 6.26. The number of carbonyl (C=O) groups excluding carboxylic acids is 2. The third-order valence-electron chi connectivity index (χ3n) is 4.32. The number of ketones is 1. The van der Waals surface area contributed by atoms with Crippen LogP contribution in [0.3, 0.4) is 0 Å². The largest absolute Gasteiger partial charge is 0.351 e. The number of rotatable bonds is 7. The molecular formula is C22H19N3O2S3. The number of fused-ring (bicyclic) bond motifs is 1. The number of Topliss-reactive ketones (excluding diaryl/α,β-unsaturated/α-hetero) is 1. The van der Waals surface area contributed by atoms with E-state index in [2.05, 4.69) is 33.5 Å². The van der Waals surface area contributed by atoms with Crippen LogP contribution in [0.4, 0.5) is 0 Å². The van der Waals surface area contributed by atoms with Crippen molar-refractivity contribution < 1.29 is 9.59 Å². The molecule has 0 aliphatic carbocycles. The van der Waals surface area contributed by atoms with Gasteiger partial charge in [-0.1, -0.05) is 42.1 Å². The molecule has 1 amide bonds. The summed E-state index contributed by atoms with van der Waals surface area (Å²) < 4.78 is 0. The smallest absolute Gasteiger partial charge is 0.217 e. The summed E-state index contributed by atoms with van der Waals surface area (Å²) in [6.45, 7) is 3.80. The Labute approximate surface area is 186 Å². The standard InChI is InChI=1S/C22H19N3O2S3/c1-13-24-21(17-10-20(30-22(17)25-13)15-6-4-3-5-7-15)28-12-18(27)19-9-8-16(29-19)11-23-14(2)26/h3-10H,11-12H2,1-2H3,(H,23,26). The van der Waals surface area contributed by atoms with Crippen molar-refractivity contribution in [2.75, 3.05) is 5.75 Å². The van der Waals surface area contributed by atoms with E-state index in [1.807, 2.05) is 37.3 Å². The van der Waals surface area contributed by atoms with E-state index in [4.69, 9.17) is 0 Å². The van der Waals surface area contributed by atoms with Crippen LogP contribution >= 0.6 is 34.4 Å². The van der Waals surface area contributed by atoms with Crippen molar-refractivity contribution in [2.45, 2.75) is 25.4 Å². The average Bonchev–Trinajstić information content (AvgIpc) is 3.38. The lowest BCUT2D eigenvalue weighted by atomic mass is 10.2. The van der Waals surface area contributed by atoms with Gasteiger partial charge in [0.15, 0.2) is 5.78 Å². The Morgan fingerprint density at radius 2 is 1.87 bits per heavy atom. The van der Waals surface area contributed by atoms with Gasteiger partial charge in [-0.2, -0.15) is 0 Å². The van der Waals surface area contributed by atoms with Gasteiger partial charge in [0.05, 0.1) is 17.2 Å². The summed E-state index contributed by atoms with van der Waals surface area (Å²) in [7, 11) is 0. The topological polar surface area (TPSA) is 72.0 Å². The highest BCUT2D eigenvalue weighted by Gasteiger charge is 2.15. The number of benzene rings is 1. The van der Waals surface area contributed by atoms with Crippen molar-refractivity contribution in [1.82, 2.24) is 15.3 Å².